The predicted molar refractivity (Wildman–Crippen MR) is 99.9 cm³/mol. The van der Waals surface area contributed by atoms with Crippen LogP contribution in [0.5, 0.6) is 5.75 Å². The lowest BCUT2D eigenvalue weighted by atomic mass is 10.0. The highest BCUT2D eigenvalue weighted by molar-refractivity contribution is 6.09. The van der Waals surface area contributed by atoms with Crippen molar-refractivity contribution in [2.45, 2.75) is 52.4 Å². The highest BCUT2D eigenvalue weighted by Crippen LogP contribution is 2.21. The van der Waals surface area contributed by atoms with Crippen molar-refractivity contribution in [2.75, 3.05) is 6.61 Å². The first kappa shape index (κ1) is 18.3. The van der Waals surface area contributed by atoms with Crippen molar-refractivity contribution >= 4 is 5.78 Å². The number of aryl methyl sites for hydroxylation is 1. The molecule has 0 saturated carbocycles. The summed E-state index contributed by atoms with van der Waals surface area (Å²) in [7, 11) is 0. The van der Waals surface area contributed by atoms with E-state index in [-0.39, 0.29) is 5.78 Å². The monoisotopic (exact) mass is 324 g/mol. The second kappa shape index (κ2) is 9.92. The Kier molecular flexibility index (Phi) is 7.54. The third kappa shape index (κ3) is 5.52. The molecule has 0 spiro atoms. The molecule has 2 nitrogen and oxygen atoms in total. The first-order chi connectivity index (χ1) is 11.7. The fourth-order valence-corrected chi connectivity index (χ4v) is 2.77. The van der Waals surface area contributed by atoms with E-state index in [0.29, 0.717) is 5.56 Å². The van der Waals surface area contributed by atoms with Gasteiger partial charge in [-0.15, -0.1) is 0 Å². The fraction of sp³-hybridized carbons (Fsp3) is 0.409. The largest absolute Gasteiger partial charge is 0.493 e. The van der Waals surface area contributed by atoms with Gasteiger partial charge in [-0.05, 0) is 37.1 Å². The summed E-state index contributed by atoms with van der Waals surface area (Å²) in [5.74, 6) is 0.939. The Morgan fingerprint density at radius 3 is 2.29 bits per heavy atom. The lowest BCUT2D eigenvalue weighted by Gasteiger charge is -2.10. The van der Waals surface area contributed by atoms with E-state index in [1.165, 1.54) is 32.1 Å². The summed E-state index contributed by atoms with van der Waals surface area (Å²) in [4.78, 5) is 12.5. The number of unbranched alkanes of at least 4 members (excludes halogenated alkanes) is 5. The molecular formula is C22H28O2. The molecule has 2 rings (SSSR count). The molecule has 128 valence electrons. The van der Waals surface area contributed by atoms with Crippen LogP contribution in [-0.4, -0.2) is 12.4 Å². The summed E-state index contributed by atoms with van der Waals surface area (Å²) in [6.07, 6.45) is 7.55. The zero-order valence-electron chi connectivity index (χ0n) is 14.9. The van der Waals surface area contributed by atoms with Crippen LogP contribution in [-0.2, 0) is 0 Å². The maximum Gasteiger partial charge on any atom is 0.193 e. The summed E-state index contributed by atoms with van der Waals surface area (Å²) in [6.45, 7) is 4.98. The Hall–Kier alpha value is -2.09. The molecule has 0 aromatic heterocycles. The minimum atomic E-state index is 0.0566. The summed E-state index contributed by atoms with van der Waals surface area (Å²) in [6, 6.07) is 15.1. The van der Waals surface area contributed by atoms with Crippen LogP contribution in [0.3, 0.4) is 0 Å². The molecule has 0 aliphatic rings. The van der Waals surface area contributed by atoms with Crippen molar-refractivity contribution in [3.05, 3.63) is 65.2 Å². The van der Waals surface area contributed by atoms with Crippen LogP contribution < -0.4 is 4.74 Å². The van der Waals surface area contributed by atoms with Crippen molar-refractivity contribution in [1.29, 1.82) is 0 Å². The number of ketones is 1. The average molecular weight is 324 g/mol. The first-order valence-electron chi connectivity index (χ1n) is 9.05. The van der Waals surface area contributed by atoms with Crippen molar-refractivity contribution in [2.24, 2.45) is 0 Å². The molecule has 0 saturated heterocycles. The van der Waals surface area contributed by atoms with Crippen LogP contribution in [0.25, 0.3) is 0 Å². The van der Waals surface area contributed by atoms with Gasteiger partial charge < -0.3 is 4.74 Å². The Morgan fingerprint density at radius 2 is 1.58 bits per heavy atom. The lowest BCUT2D eigenvalue weighted by molar-refractivity contribution is 0.103. The quantitative estimate of drug-likeness (QED) is 0.398. The van der Waals surface area contributed by atoms with Crippen LogP contribution in [0.2, 0.25) is 0 Å². The van der Waals surface area contributed by atoms with Crippen LogP contribution in [0.15, 0.2) is 48.5 Å². The number of carbonyl (C=O) groups excluding carboxylic acids is 1. The van der Waals surface area contributed by atoms with E-state index in [9.17, 15) is 4.79 Å². The Labute approximate surface area is 145 Å². The van der Waals surface area contributed by atoms with Crippen molar-refractivity contribution in [1.82, 2.24) is 0 Å². The Balaban J connectivity index is 1.85. The van der Waals surface area contributed by atoms with Gasteiger partial charge in [0.1, 0.15) is 5.75 Å². The average Bonchev–Trinajstić information content (AvgIpc) is 2.62. The van der Waals surface area contributed by atoms with E-state index in [0.717, 1.165) is 29.9 Å². The third-order valence-electron chi connectivity index (χ3n) is 4.23. The minimum absolute atomic E-state index is 0.0566. The van der Waals surface area contributed by atoms with E-state index < -0.39 is 0 Å². The van der Waals surface area contributed by atoms with E-state index >= 15 is 0 Å². The molecule has 0 fully saturated rings. The van der Waals surface area contributed by atoms with Gasteiger partial charge in [-0.3, -0.25) is 4.79 Å². The van der Waals surface area contributed by atoms with Crippen molar-refractivity contribution < 1.29 is 9.53 Å². The van der Waals surface area contributed by atoms with Crippen LogP contribution in [0, 0.1) is 6.92 Å². The Bertz CT molecular complexity index is 632. The number of rotatable bonds is 10. The minimum Gasteiger partial charge on any atom is -0.493 e. The molecule has 24 heavy (non-hydrogen) atoms. The number of benzene rings is 2. The molecule has 0 unspecified atom stereocenters. The van der Waals surface area contributed by atoms with E-state index in [2.05, 4.69) is 6.92 Å². The van der Waals surface area contributed by atoms with Gasteiger partial charge in [0.15, 0.2) is 5.78 Å². The molecule has 0 aliphatic carbocycles. The van der Waals surface area contributed by atoms with Crippen LogP contribution in [0.4, 0.5) is 0 Å². The van der Waals surface area contributed by atoms with Crippen molar-refractivity contribution in [3.63, 3.8) is 0 Å². The van der Waals surface area contributed by atoms with Gasteiger partial charge in [0.25, 0.3) is 0 Å². The Morgan fingerprint density at radius 1 is 0.875 bits per heavy atom. The van der Waals surface area contributed by atoms with Gasteiger partial charge in [0.2, 0.25) is 0 Å². The highest BCUT2D eigenvalue weighted by Gasteiger charge is 2.10. The molecular weight excluding hydrogens is 296 g/mol. The fourth-order valence-electron chi connectivity index (χ4n) is 2.77. The molecule has 2 heteroatoms. The van der Waals surface area contributed by atoms with Gasteiger partial charge >= 0.3 is 0 Å². The topological polar surface area (TPSA) is 26.3 Å². The summed E-state index contributed by atoms with van der Waals surface area (Å²) in [5.41, 5.74) is 2.45. The predicted octanol–water partition coefficient (Wildman–Crippen LogP) is 5.97. The second-order valence-corrected chi connectivity index (χ2v) is 6.29. The van der Waals surface area contributed by atoms with E-state index in [4.69, 9.17) is 4.74 Å². The molecule has 2 aromatic carbocycles. The zero-order valence-corrected chi connectivity index (χ0v) is 14.9. The van der Waals surface area contributed by atoms with Crippen LogP contribution in [0.1, 0.15) is 66.9 Å². The molecule has 0 bridgehead atoms. The molecule has 0 amide bonds. The van der Waals surface area contributed by atoms with Gasteiger partial charge in [-0.25, -0.2) is 0 Å². The summed E-state index contributed by atoms with van der Waals surface area (Å²) < 4.78 is 5.87. The van der Waals surface area contributed by atoms with Gasteiger partial charge in [0.05, 0.1) is 6.61 Å². The third-order valence-corrected chi connectivity index (χ3v) is 4.23. The van der Waals surface area contributed by atoms with E-state index in [1.807, 2.05) is 55.5 Å². The molecule has 2 aromatic rings. The molecule has 0 N–H and O–H groups in total. The molecule has 0 aliphatic heterocycles. The molecule has 0 heterocycles. The first-order valence-corrected chi connectivity index (χ1v) is 9.05. The second-order valence-electron chi connectivity index (χ2n) is 6.29. The molecule has 0 radical (unpaired) electrons. The van der Waals surface area contributed by atoms with Crippen molar-refractivity contribution in [3.8, 4) is 5.75 Å². The number of hydrogen-bond acceptors (Lipinski definition) is 2. The summed E-state index contributed by atoms with van der Waals surface area (Å²) >= 11 is 0. The van der Waals surface area contributed by atoms with Crippen LogP contribution >= 0.6 is 0 Å². The smallest absolute Gasteiger partial charge is 0.193 e. The normalized spacial score (nSPS) is 10.6. The van der Waals surface area contributed by atoms with Gasteiger partial charge in [-0.1, -0.05) is 69.4 Å². The maximum absolute atomic E-state index is 12.5. The lowest BCUT2D eigenvalue weighted by Crippen LogP contribution is -2.03. The van der Waals surface area contributed by atoms with Gasteiger partial charge in [0, 0.05) is 11.1 Å². The van der Waals surface area contributed by atoms with Gasteiger partial charge in [-0.2, -0.15) is 0 Å². The number of carbonyl (C=O) groups is 1. The van der Waals surface area contributed by atoms with E-state index in [1.54, 1.807) is 0 Å². The number of hydrogen-bond donors (Lipinski definition) is 0. The summed E-state index contributed by atoms with van der Waals surface area (Å²) in [5, 5.41) is 0. The SMILES string of the molecule is CCCCCCCCOc1ccc(C(=O)c2ccccc2)cc1C. The highest BCUT2D eigenvalue weighted by atomic mass is 16.5. The standard InChI is InChI=1S/C22H28O2/c1-3-4-5-6-7-11-16-24-21-15-14-20(17-18(21)2)22(23)19-12-9-8-10-13-19/h8-10,12-15,17H,3-7,11,16H2,1-2H3. The zero-order chi connectivity index (χ0) is 17.2. The molecule has 0 atom stereocenters. The number of ether oxygens (including phenoxy) is 1. The maximum atomic E-state index is 12.5.